The summed E-state index contributed by atoms with van der Waals surface area (Å²) in [5, 5.41) is 6.10. The molecule has 1 saturated carbocycles. The normalized spacial score (nSPS) is 16.9. The fraction of sp³-hybridized carbons (Fsp3) is 0.391. The van der Waals surface area contributed by atoms with Crippen molar-refractivity contribution in [3.8, 4) is 11.5 Å². The van der Waals surface area contributed by atoms with Gasteiger partial charge in [0.15, 0.2) is 0 Å². The molecule has 30 heavy (non-hydrogen) atoms. The van der Waals surface area contributed by atoms with E-state index in [1.807, 2.05) is 48.5 Å². The monoisotopic (exact) mass is 409 g/mol. The van der Waals surface area contributed by atoms with Crippen LogP contribution >= 0.6 is 0 Å². The number of nitrogens with one attached hydrogen (secondary N) is 1. The smallest absolute Gasteiger partial charge is 0.336 e. The molecule has 158 valence electrons. The van der Waals surface area contributed by atoms with Gasteiger partial charge in [-0.25, -0.2) is 14.8 Å². The van der Waals surface area contributed by atoms with Crippen LogP contribution in [0.4, 0.5) is 4.79 Å². The fourth-order valence-electron chi connectivity index (χ4n) is 3.95. The molecule has 1 aliphatic heterocycles. The zero-order valence-electron chi connectivity index (χ0n) is 17.4. The number of nitrogens with zero attached hydrogens (tertiary/aromatic N) is 2. The number of amides is 3. The van der Waals surface area contributed by atoms with E-state index >= 15 is 0 Å². The van der Waals surface area contributed by atoms with Gasteiger partial charge in [-0.1, -0.05) is 24.3 Å². The third-order valence-electron chi connectivity index (χ3n) is 5.90. The lowest BCUT2D eigenvalue weighted by atomic mass is 9.94. The predicted molar refractivity (Wildman–Crippen MR) is 112 cm³/mol. The molecule has 0 unspecified atom stereocenters. The summed E-state index contributed by atoms with van der Waals surface area (Å²) >= 11 is 0. The number of ether oxygens (including phenoxy) is 2. The minimum atomic E-state index is -0.523. The summed E-state index contributed by atoms with van der Waals surface area (Å²) < 4.78 is 10.4. The second kappa shape index (κ2) is 8.26. The molecule has 0 aromatic heterocycles. The summed E-state index contributed by atoms with van der Waals surface area (Å²) in [5.41, 5.74) is 1.43. The van der Waals surface area contributed by atoms with E-state index in [-0.39, 0.29) is 11.9 Å². The van der Waals surface area contributed by atoms with Crippen molar-refractivity contribution in [2.45, 2.75) is 31.2 Å². The quantitative estimate of drug-likeness (QED) is 0.796. The van der Waals surface area contributed by atoms with Crippen molar-refractivity contribution in [1.82, 2.24) is 15.3 Å². The van der Waals surface area contributed by atoms with Gasteiger partial charge in [-0.3, -0.25) is 4.79 Å². The predicted octanol–water partition coefficient (Wildman–Crippen LogP) is 3.09. The van der Waals surface area contributed by atoms with E-state index < -0.39 is 5.41 Å². The summed E-state index contributed by atoms with van der Waals surface area (Å²) in [6.45, 7) is 1.50. The lowest BCUT2D eigenvalue weighted by Crippen LogP contribution is -2.52. The Kier molecular flexibility index (Phi) is 5.53. The molecule has 2 aromatic rings. The molecule has 7 heteroatoms. The molecule has 4 rings (SSSR count). The molecule has 1 aliphatic carbocycles. The van der Waals surface area contributed by atoms with Crippen molar-refractivity contribution >= 4 is 11.9 Å². The summed E-state index contributed by atoms with van der Waals surface area (Å²) in [6, 6.07) is 15.0. The van der Waals surface area contributed by atoms with Crippen molar-refractivity contribution in [1.29, 1.82) is 0 Å². The summed E-state index contributed by atoms with van der Waals surface area (Å²) in [6.07, 6.45) is 2.38. The first-order valence-electron chi connectivity index (χ1n) is 10.2. The Morgan fingerprint density at radius 2 is 1.47 bits per heavy atom. The molecule has 2 aromatic carbocycles. The van der Waals surface area contributed by atoms with Gasteiger partial charge in [0, 0.05) is 19.6 Å². The van der Waals surface area contributed by atoms with Crippen LogP contribution in [0.5, 0.6) is 11.5 Å². The first-order chi connectivity index (χ1) is 14.6. The lowest BCUT2D eigenvalue weighted by molar-refractivity contribution is -0.143. The molecule has 0 spiro atoms. The van der Waals surface area contributed by atoms with Crippen LogP contribution in [-0.4, -0.2) is 49.3 Å². The first-order valence-corrected chi connectivity index (χ1v) is 10.2. The zero-order valence-corrected chi connectivity index (χ0v) is 17.4. The van der Waals surface area contributed by atoms with Crippen LogP contribution in [-0.2, 0) is 16.8 Å². The van der Waals surface area contributed by atoms with E-state index in [1.165, 1.54) is 0 Å². The molecule has 1 heterocycles. The molecule has 0 radical (unpaired) electrons. The van der Waals surface area contributed by atoms with Gasteiger partial charge >= 0.3 is 6.03 Å². The molecule has 0 atom stereocenters. The Hall–Kier alpha value is -3.22. The molecule has 1 N–H and O–H groups in total. The van der Waals surface area contributed by atoms with Gasteiger partial charge in [-0.2, -0.15) is 0 Å². The van der Waals surface area contributed by atoms with Crippen LogP contribution in [0.2, 0.25) is 0 Å². The standard InChI is InChI=1S/C23H27N3O4/c1-29-19-8-4-17(5-9-19)16-24-22(28)26-15-3-14-25(26)21(27)23(12-13-23)18-6-10-20(30-2)11-7-18/h4-11H,3,12-16H2,1-2H3,(H,24,28). The van der Waals surface area contributed by atoms with Crippen LogP contribution in [0, 0.1) is 0 Å². The Labute approximate surface area is 176 Å². The van der Waals surface area contributed by atoms with Crippen molar-refractivity contribution in [3.05, 3.63) is 59.7 Å². The average Bonchev–Trinajstić information content (AvgIpc) is 3.46. The van der Waals surface area contributed by atoms with Gasteiger partial charge in [-0.15, -0.1) is 0 Å². The van der Waals surface area contributed by atoms with Crippen molar-refractivity contribution in [2.24, 2.45) is 0 Å². The Balaban J connectivity index is 1.42. The van der Waals surface area contributed by atoms with Gasteiger partial charge in [0.1, 0.15) is 11.5 Å². The number of urea groups is 1. The Morgan fingerprint density at radius 3 is 2.03 bits per heavy atom. The molecular formula is C23H27N3O4. The Morgan fingerprint density at radius 1 is 0.900 bits per heavy atom. The van der Waals surface area contributed by atoms with Gasteiger partial charge < -0.3 is 14.8 Å². The van der Waals surface area contributed by atoms with Crippen molar-refractivity contribution in [2.75, 3.05) is 27.3 Å². The van der Waals surface area contributed by atoms with Crippen LogP contribution in [0.1, 0.15) is 30.4 Å². The van der Waals surface area contributed by atoms with E-state index in [0.29, 0.717) is 19.6 Å². The van der Waals surface area contributed by atoms with Gasteiger partial charge in [0.2, 0.25) is 0 Å². The van der Waals surface area contributed by atoms with Gasteiger partial charge in [0.25, 0.3) is 5.91 Å². The molecule has 2 aliphatic rings. The minimum absolute atomic E-state index is 0.00441. The number of benzene rings is 2. The fourth-order valence-corrected chi connectivity index (χ4v) is 3.95. The number of carbonyl (C=O) groups excluding carboxylic acids is 2. The average molecular weight is 409 g/mol. The number of methoxy groups -OCH3 is 2. The largest absolute Gasteiger partial charge is 0.497 e. The van der Waals surface area contributed by atoms with E-state index in [4.69, 9.17) is 9.47 Å². The van der Waals surface area contributed by atoms with Gasteiger partial charge in [-0.05, 0) is 54.7 Å². The van der Waals surface area contributed by atoms with Crippen LogP contribution in [0.15, 0.2) is 48.5 Å². The topological polar surface area (TPSA) is 71.1 Å². The van der Waals surface area contributed by atoms with Crippen molar-refractivity contribution < 1.29 is 19.1 Å². The highest BCUT2D eigenvalue weighted by atomic mass is 16.5. The second-order valence-electron chi connectivity index (χ2n) is 7.72. The van der Waals surface area contributed by atoms with E-state index in [0.717, 1.165) is 41.9 Å². The third-order valence-corrected chi connectivity index (χ3v) is 5.90. The van der Waals surface area contributed by atoms with Crippen LogP contribution in [0.3, 0.4) is 0 Å². The highest BCUT2D eigenvalue weighted by Crippen LogP contribution is 2.50. The molecule has 2 fully saturated rings. The molecule has 3 amide bonds. The molecule has 7 nitrogen and oxygen atoms in total. The van der Waals surface area contributed by atoms with E-state index in [9.17, 15) is 9.59 Å². The summed E-state index contributed by atoms with van der Waals surface area (Å²) in [7, 11) is 3.24. The zero-order chi connectivity index (χ0) is 21.1. The van der Waals surface area contributed by atoms with E-state index in [2.05, 4.69) is 5.32 Å². The van der Waals surface area contributed by atoms with Crippen LogP contribution < -0.4 is 14.8 Å². The summed E-state index contributed by atoms with van der Waals surface area (Å²) in [4.78, 5) is 26.2. The number of rotatable bonds is 6. The maximum absolute atomic E-state index is 13.4. The SMILES string of the molecule is COc1ccc(CNC(=O)N2CCCN2C(=O)C2(c3ccc(OC)cc3)CC2)cc1. The number of carbonyl (C=O) groups is 2. The van der Waals surface area contributed by atoms with Crippen LogP contribution in [0.25, 0.3) is 0 Å². The first kappa shape index (κ1) is 20.1. The maximum Gasteiger partial charge on any atom is 0.336 e. The lowest BCUT2D eigenvalue weighted by Gasteiger charge is -2.31. The van der Waals surface area contributed by atoms with Crippen molar-refractivity contribution in [3.63, 3.8) is 0 Å². The number of hydrogen-bond acceptors (Lipinski definition) is 4. The minimum Gasteiger partial charge on any atom is -0.497 e. The van der Waals surface area contributed by atoms with E-state index in [1.54, 1.807) is 24.2 Å². The number of hydrogen-bond donors (Lipinski definition) is 1. The highest BCUT2D eigenvalue weighted by Gasteiger charge is 2.55. The third kappa shape index (κ3) is 3.79. The highest BCUT2D eigenvalue weighted by molar-refractivity contribution is 5.93. The van der Waals surface area contributed by atoms with Gasteiger partial charge in [0.05, 0.1) is 19.6 Å². The Bertz CT molecular complexity index is 907. The second-order valence-corrected chi connectivity index (χ2v) is 7.72. The molecular weight excluding hydrogens is 382 g/mol. The molecule has 1 saturated heterocycles. The summed E-state index contributed by atoms with van der Waals surface area (Å²) in [5.74, 6) is 1.54. The maximum atomic E-state index is 13.4. The number of hydrazine groups is 1. The molecule has 0 bridgehead atoms.